The Morgan fingerprint density at radius 2 is 2.25 bits per heavy atom. The van der Waals surface area contributed by atoms with Crippen LogP contribution in [0.4, 0.5) is 0 Å². The molecule has 0 aliphatic heterocycles. The van der Waals surface area contributed by atoms with Gasteiger partial charge in [-0.3, -0.25) is 4.68 Å². The zero-order valence-corrected chi connectivity index (χ0v) is 13.7. The van der Waals surface area contributed by atoms with E-state index in [1.165, 1.54) is 5.69 Å². The van der Waals surface area contributed by atoms with Crippen LogP contribution in [0.1, 0.15) is 36.5 Å². The summed E-state index contributed by atoms with van der Waals surface area (Å²) in [5.41, 5.74) is 3.20. The molecule has 6 heteroatoms. The minimum Gasteiger partial charge on any atom is -0.308 e. The number of nitrogens with zero attached hydrogens (tertiary/aromatic N) is 4. The van der Waals surface area contributed by atoms with Crippen molar-refractivity contribution in [3.8, 4) is 0 Å². The van der Waals surface area contributed by atoms with Gasteiger partial charge in [0.25, 0.3) is 0 Å². The number of rotatable bonds is 6. The van der Waals surface area contributed by atoms with Crippen molar-refractivity contribution in [2.45, 2.75) is 32.7 Å². The second-order valence-electron chi connectivity index (χ2n) is 4.81. The molecule has 2 heterocycles. The third-order valence-electron chi connectivity index (χ3n) is 3.26. The number of halogens is 1. The summed E-state index contributed by atoms with van der Waals surface area (Å²) in [4.78, 5) is 8.36. The smallest absolute Gasteiger partial charge is 0.115 e. The molecule has 0 aliphatic rings. The quantitative estimate of drug-likeness (QED) is 0.880. The van der Waals surface area contributed by atoms with Crippen LogP contribution < -0.4 is 5.32 Å². The molecule has 0 spiro atoms. The van der Waals surface area contributed by atoms with Gasteiger partial charge in [-0.1, -0.05) is 6.92 Å². The number of hydrogen-bond donors (Lipinski definition) is 1. The molecule has 1 atom stereocenters. The Labute approximate surface area is 128 Å². The van der Waals surface area contributed by atoms with E-state index in [1.54, 1.807) is 12.5 Å². The van der Waals surface area contributed by atoms with Gasteiger partial charge in [0.1, 0.15) is 6.33 Å². The molecule has 0 amide bonds. The van der Waals surface area contributed by atoms with Gasteiger partial charge in [-0.25, -0.2) is 9.97 Å². The van der Waals surface area contributed by atoms with Gasteiger partial charge in [0.05, 0.1) is 27.6 Å². The molecule has 1 N–H and O–H groups in total. The van der Waals surface area contributed by atoms with E-state index < -0.39 is 0 Å². The summed E-state index contributed by atoms with van der Waals surface area (Å²) in [7, 11) is 1.98. The van der Waals surface area contributed by atoms with E-state index in [9.17, 15) is 0 Å². The van der Waals surface area contributed by atoms with Crippen LogP contribution in [0, 0.1) is 6.92 Å². The first-order chi connectivity index (χ1) is 9.63. The Kier molecular flexibility index (Phi) is 5.25. The topological polar surface area (TPSA) is 55.6 Å². The summed E-state index contributed by atoms with van der Waals surface area (Å²) < 4.78 is 3.01. The lowest BCUT2D eigenvalue weighted by atomic mass is 10.1. The first-order valence-electron chi connectivity index (χ1n) is 6.80. The van der Waals surface area contributed by atoms with Crippen LogP contribution in [0.25, 0.3) is 0 Å². The average Bonchev–Trinajstić information content (AvgIpc) is 2.70. The Bertz CT molecular complexity index is 552. The highest BCUT2D eigenvalue weighted by molar-refractivity contribution is 9.10. The lowest BCUT2D eigenvalue weighted by Crippen LogP contribution is -2.26. The first kappa shape index (κ1) is 15.1. The molecule has 0 radical (unpaired) electrons. The van der Waals surface area contributed by atoms with Gasteiger partial charge in [0.15, 0.2) is 0 Å². The van der Waals surface area contributed by atoms with Gasteiger partial charge in [-0.2, -0.15) is 5.10 Å². The normalized spacial score (nSPS) is 12.6. The van der Waals surface area contributed by atoms with Gasteiger partial charge < -0.3 is 5.32 Å². The van der Waals surface area contributed by atoms with E-state index in [4.69, 9.17) is 0 Å². The van der Waals surface area contributed by atoms with E-state index >= 15 is 0 Å². The monoisotopic (exact) mass is 337 g/mol. The van der Waals surface area contributed by atoms with E-state index in [0.29, 0.717) is 0 Å². The minimum atomic E-state index is 0.170. The van der Waals surface area contributed by atoms with Crippen LogP contribution in [0.5, 0.6) is 0 Å². The molecule has 0 saturated heterocycles. The lowest BCUT2D eigenvalue weighted by Gasteiger charge is -2.18. The molecule has 0 aromatic carbocycles. The van der Waals surface area contributed by atoms with E-state index in [-0.39, 0.29) is 6.04 Å². The molecule has 5 nitrogen and oxygen atoms in total. The van der Waals surface area contributed by atoms with Crippen molar-refractivity contribution in [3.05, 3.63) is 40.1 Å². The van der Waals surface area contributed by atoms with Gasteiger partial charge in [0.2, 0.25) is 0 Å². The van der Waals surface area contributed by atoms with Gasteiger partial charge >= 0.3 is 0 Å². The second-order valence-corrected chi connectivity index (χ2v) is 5.61. The maximum absolute atomic E-state index is 4.45. The maximum atomic E-state index is 4.45. The highest BCUT2D eigenvalue weighted by atomic mass is 79.9. The predicted molar refractivity (Wildman–Crippen MR) is 82.4 cm³/mol. The summed E-state index contributed by atoms with van der Waals surface area (Å²) in [5, 5.41) is 7.99. The van der Waals surface area contributed by atoms with Crippen LogP contribution in [0.3, 0.4) is 0 Å². The van der Waals surface area contributed by atoms with Crippen molar-refractivity contribution in [2.24, 2.45) is 7.05 Å². The molecule has 2 aromatic heterocycles. The van der Waals surface area contributed by atoms with Crippen LogP contribution >= 0.6 is 15.9 Å². The number of aryl methyl sites for hydroxylation is 2. The molecule has 2 aromatic rings. The molecule has 108 valence electrons. The summed E-state index contributed by atoms with van der Waals surface area (Å²) in [6, 6.07) is 2.13. The van der Waals surface area contributed by atoms with Crippen LogP contribution in [-0.2, 0) is 13.5 Å². The highest BCUT2D eigenvalue weighted by Crippen LogP contribution is 2.25. The SMILES string of the molecule is CCCNC(Cc1c(Br)c(C)nn1C)c1ccncn1. The standard InChI is InChI=1S/C14H20BrN5/c1-4-6-17-12(11-5-7-16-9-18-11)8-13-14(15)10(2)19-20(13)3/h5,7,9,12,17H,4,6,8H2,1-3H3. The third-order valence-corrected chi connectivity index (χ3v) is 4.29. The molecule has 0 fully saturated rings. The molecule has 0 bridgehead atoms. The summed E-state index contributed by atoms with van der Waals surface area (Å²) in [5.74, 6) is 0. The summed E-state index contributed by atoms with van der Waals surface area (Å²) in [6.45, 7) is 5.13. The first-order valence-corrected chi connectivity index (χ1v) is 7.60. The third kappa shape index (κ3) is 3.43. The number of hydrogen-bond acceptors (Lipinski definition) is 4. The van der Waals surface area contributed by atoms with E-state index in [0.717, 1.165) is 35.2 Å². The molecular formula is C14H20BrN5. The fraction of sp³-hybridized carbons (Fsp3) is 0.500. The molecular weight excluding hydrogens is 318 g/mol. The van der Waals surface area contributed by atoms with Crippen LogP contribution in [0.2, 0.25) is 0 Å². The number of nitrogens with one attached hydrogen (secondary N) is 1. The average molecular weight is 338 g/mol. The Morgan fingerprint density at radius 3 is 2.80 bits per heavy atom. The van der Waals surface area contributed by atoms with Crippen molar-refractivity contribution in [1.29, 1.82) is 0 Å². The van der Waals surface area contributed by atoms with Gasteiger partial charge in [-0.15, -0.1) is 0 Å². The van der Waals surface area contributed by atoms with Crippen molar-refractivity contribution in [3.63, 3.8) is 0 Å². The summed E-state index contributed by atoms with van der Waals surface area (Å²) >= 11 is 3.63. The fourth-order valence-electron chi connectivity index (χ4n) is 2.20. The van der Waals surface area contributed by atoms with Crippen LogP contribution in [-0.4, -0.2) is 26.3 Å². The van der Waals surface area contributed by atoms with Gasteiger partial charge in [-0.05, 0) is 41.9 Å². The van der Waals surface area contributed by atoms with Crippen molar-refractivity contribution >= 4 is 15.9 Å². The van der Waals surface area contributed by atoms with Crippen molar-refractivity contribution in [2.75, 3.05) is 6.54 Å². The zero-order valence-electron chi connectivity index (χ0n) is 12.1. The number of aromatic nitrogens is 4. The zero-order chi connectivity index (χ0) is 14.5. The van der Waals surface area contributed by atoms with Crippen LogP contribution in [0.15, 0.2) is 23.1 Å². The molecule has 2 rings (SSSR count). The van der Waals surface area contributed by atoms with Crippen molar-refractivity contribution in [1.82, 2.24) is 25.1 Å². The fourth-order valence-corrected chi connectivity index (χ4v) is 2.70. The highest BCUT2D eigenvalue weighted by Gasteiger charge is 2.18. The largest absolute Gasteiger partial charge is 0.308 e. The Morgan fingerprint density at radius 1 is 1.45 bits per heavy atom. The van der Waals surface area contributed by atoms with E-state index in [1.807, 2.05) is 24.7 Å². The van der Waals surface area contributed by atoms with Gasteiger partial charge in [0, 0.05) is 19.7 Å². The molecule has 0 aliphatic carbocycles. The summed E-state index contributed by atoms with van der Waals surface area (Å²) in [6.07, 6.45) is 5.31. The minimum absolute atomic E-state index is 0.170. The van der Waals surface area contributed by atoms with Crippen molar-refractivity contribution < 1.29 is 0 Å². The Balaban J connectivity index is 2.24. The lowest BCUT2D eigenvalue weighted by molar-refractivity contribution is 0.500. The molecule has 0 saturated carbocycles. The Hall–Kier alpha value is -1.27. The predicted octanol–water partition coefficient (Wildman–Crippen LogP) is 2.56. The van der Waals surface area contributed by atoms with E-state index in [2.05, 4.69) is 43.2 Å². The molecule has 1 unspecified atom stereocenters. The second kappa shape index (κ2) is 6.95. The maximum Gasteiger partial charge on any atom is 0.115 e. The molecule has 20 heavy (non-hydrogen) atoms.